The molecule has 1 aliphatic heterocycles. The quantitative estimate of drug-likeness (QED) is 0.608. The fourth-order valence-electron chi connectivity index (χ4n) is 4.62. The van der Waals surface area contributed by atoms with Crippen LogP contribution in [0.5, 0.6) is 5.75 Å². The monoisotopic (exact) mass is 445 g/mol. The molecule has 1 spiro atoms. The molecule has 1 aromatic carbocycles. The average Bonchev–Trinajstić information content (AvgIpc) is 2.99. The predicted molar refractivity (Wildman–Crippen MR) is 118 cm³/mol. The molecule has 174 valence electrons. The average molecular weight is 446 g/mol. The maximum Gasteiger partial charge on any atom is 0.410 e. The molecule has 0 N–H and O–H groups in total. The van der Waals surface area contributed by atoms with Crippen molar-refractivity contribution in [2.75, 3.05) is 33.4 Å². The number of carbonyl (C=O) groups is 1. The lowest BCUT2D eigenvalue weighted by atomic mass is 9.61. The Balaban J connectivity index is 1.36. The number of ether oxygens (including phenoxy) is 3. The number of amides is 1. The summed E-state index contributed by atoms with van der Waals surface area (Å²) in [6.45, 7) is 9.91. The van der Waals surface area contributed by atoms with Gasteiger partial charge in [-0.05, 0) is 58.7 Å². The molecule has 0 radical (unpaired) electrons. The third-order valence-corrected chi connectivity index (χ3v) is 6.08. The van der Waals surface area contributed by atoms with E-state index < -0.39 is 5.60 Å². The Morgan fingerprint density at radius 3 is 2.56 bits per heavy atom. The molecule has 1 saturated heterocycles. The third-order valence-electron chi connectivity index (χ3n) is 6.08. The Morgan fingerprint density at radius 1 is 1.22 bits per heavy atom. The molecule has 2 aliphatic rings. The summed E-state index contributed by atoms with van der Waals surface area (Å²) in [5, 5.41) is 4.71. The molecule has 2 aromatic rings. The highest BCUT2D eigenvalue weighted by Crippen LogP contribution is 2.54. The summed E-state index contributed by atoms with van der Waals surface area (Å²) in [7, 11) is 1.59. The zero-order chi connectivity index (χ0) is 23.1. The Hall–Kier alpha value is -2.61. The van der Waals surface area contributed by atoms with E-state index in [0.717, 1.165) is 31.6 Å². The maximum atomic E-state index is 14.7. The molecule has 1 aromatic heterocycles. The number of benzene rings is 1. The molecule has 7 nitrogen and oxygen atoms in total. The van der Waals surface area contributed by atoms with Crippen molar-refractivity contribution >= 4 is 6.09 Å². The second kappa shape index (κ2) is 8.39. The van der Waals surface area contributed by atoms with Crippen molar-refractivity contribution in [1.82, 2.24) is 14.7 Å². The van der Waals surface area contributed by atoms with Crippen LogP contribution in [0, 0.1) is 18.2 Å². The number of aromatic nitrogens is 2. The van der Waals surface area contributed by atoms with Gasteiger partial charge in [-0.3, -0.25) is 4.68 Å². The summed E-state index contributed by atoms with van der Waals surface area (Å²) < 4.78 is 32.6. The smallest absolute Gasteiger partial charge is 0.410 e. The van der Waals surface area contributed by atoms with E-state index in [1.807, 2.05) is 38.4 Å². The molecule has 1 aliphatic carbocycles. The van der Waals surface area contributed by atoms with E-state index in [-0.39, 0.29) is 23.4 Å². The van der Waals surface area contributed by atoms with Crippen molar-refractivity contribution in [1.29, 1.82) is 0 Å². The van der Waals surface area contributed by atoms with Crippen LogP contribution in [0.4, 0.5) is 9.18 Å². The van der Waals surface area contributed by atoms with Crippen LogP contribution >= 0.6 is 0 Å². The van der Waals surface area contributed by atoms with E-state index in [1.165, 1.54) is 6.07 Å². The standard InChI is InChI=1S/C24H32FN3O4/c1-16-10-21(19-7-6-18(11-20(19)25)31-9-8-30-5)26-28(16)17-12-24(13-17)14-27(15-24)22(29)32-23(2,3)4/h6-7,10-11,17H,8-9,12-15H2,1-5H3. The molecule has 0 unspecified atom stereocenters. The Kier molecular flexibility index (Phi) is 5.92. The van der Waals surface area contributed by atoms with Crippen LogP contribution in [0.2, 0.25) is 0 Å². The van der Waals surface area contributed by atoms with Gasteiger partial charge in [0.05, 0.1) is 18.3 Å². The van der Waals surface area contributed by atoms with Gasteiger partial charge in [-0.1, -0.05) is 0 Å². The van der Waals surface area contributed by atoms with Gasteiger partial charge >= 0.3 is 6.09 Å². The molecule has 0 atom stereocenters. The lowest BCUT2D eigenvalue weighted by Crippen LogP contribution is -2.64. The van der Waals surface area contributed by atoms with Crippen LogP contribution in [-0.4, -0.2) is 59.8 Å². The summed E-state index contributed by atoms with van der Waals surface area (Å²) in [6, 6.07) is 7.03. The molecule has 32 heavy (non-hydrogen) atoms. The number of rotatable bonds is 6. The number of nitrogens with zero attached hydrogens (tertiary/aromatic N) is 3. The largest absolute Gasteiger partial charge is 0.491 e. The highest BCUT2D eigenvalue weighted by molar-refractivity contribution is 5.69. The molecular weight excluding hydrogens is 413 g/mol. The lowest BCUT2D eigenvalue weighted by molar-refractivity contribution is -0.0930. The molecule has 4 rings (SSSR count). The first-order valence-electron chi connectivity index (χ1n) is 11.0. The topological polar surface area (TPSA) is 65.8 Å². The van der Waals surface area contributed by atoms with Crippen LogP contribution < -0.4 is 4.74 Å². The van der Waals surface area contributed by atoms with Crippen molar-refractivity contribution in [3.05, 3.63) is 35.8 Å². The van der Waals surface area contributed by atoms with E-state index in [9.17, 15) is 9.18 Å². The number of carbonyl (C=O) groups excluding carboxylic acids is 1. The SMILES string of the molecule is COCCOc1ccc(-c2cc(C)n(C3CC4(C3)CN(C(=O)OC(C)(C)C)C4)n2)c(F)c1. The van der Waals surface area contributed by atoms with Crippen molar-refractivity contribution in [2.24, 2.45) is 5.41 Å². The first kappa shape index (κ1) is 22.6. The van der Waals surface area contributed by atoms with Crippen molar-refractivity contribution < 1.29 is 23.4 Å². The second-order valence-corrected chi connectivity index (χ2v) is 10.00. The maximum absolute atomic E-state index is 14.7. The summed E-state index contributed by atoms with van der Waals surface area (Å²) in [4.78, 5) is 14.0. The van der Waals surface area contributed by atoms with Gasteiger partial charge in [0.1, 0.15) is 23.8 Å². The molecule has 8 heteroatoms. The van der Waals surface area contributed by atoms with E-state index in [2.05, 4.69) is 0 Å². The van der Waals surface area contributed by atoms with Gasteiger partial charge in [-0.2, -0.15) is 5.10 Å². The van der Waals surface area contributed by atoms with Crippen LogP contribution in [0.15, 0.2) is 24.3 Å². The highest BCUT2D eigenvalue weighted by atomic mass is 19.1. The zero-order valence-corrected chi connectivity index (χ0v) is 19.5. The Morgan fingerprint density at radius 2 is 1.94 bits per heavy atom. The van der Waals surface area contributed by atoms with Crippen molar-refractivity contribution in [3.8, 4) is 17.0 Å². The minimum Gasteiger partial charge on any atom is -0.491 e. The first-order valence-corrected chi connectivity index (χ1v) is 11.0. The number of hydrogen-bond acceptors (Lipinski definition) is 5. The highest BCUT2D eigenvalue weighted by Gasteiger charge is 2.55. The minimum absolute atomic E-state index is 0.159. The first-order chi connectivity index (χ1) is 15.1. The Labute approximate surface area is 188 Å². The molecule has 1 saturated carbocycles. The van der Waals surface area contributed by atoms with E-state index in [0.29, 0.717) is 30.2 Å². The van der Waals surface area contributed by atoms with Gasteiger partial charge in [0.25, 0.3) is 0 Å². The molecular formula is C24H32FN3O4. The van der Waals surface area contributed by atoms with Crippen LogP contribution in [0.25, 0.3) is 11.3 Å². The number of hydrogen-bond donors (Lipinski definition) is 0. The van der Waals surface area contributed by atoms with Crippen LogP contribution in [0.3, 0.4) is 0 Å². The number of likely N-dealkylation sites (tertiary alicyclic amines) is 1. The number of aryl methyl sites for hydroxylation is 1. The molecule has 2 fully saturated rings. The fraction of sp³-hybridized carbons (Fsp3) is 0.583. The second-order valence-electron chi connectivity index (χ2n) is 10.00. The summed E-state index contributed by atoms with van der Waals surface area (Å²) in [5.41, 5.74) is 1.76. The fourth-order valence-corrected chi connectivity index (χ4v) is 4.62. The molecule has 2 heterocycles. The van der Waals surface area contributed by atoms with E-state index in [1.54, 1.807) is 24.1 Å². The lowest BCUT2D eigenvalue weighted by Gasteiger charge is -2.58. The molecule has 1 amide bonds. The van der Waals surface area contributed by atoms with E-state index in [4.69, 9.17) is 19.3 Å². The van der Waals surface area contributed by atoms with Gasteiger partial charge in [-0.15, -0.1) is 0 Å². The van der Waals surface area contributed by atoms with Gasteiger partial charge in [-0.25, -0.2) is 9.18 Å². The zero-order valence-electron chi connectivity index (χ0n) is 19.5. The molecule has 0 bridgehead atoms. The van der Waals surface area contributed by atoms with Gasteiger partial charge in [0.2, 0.25) is 0 Å². The van der Waals surface area contributed by atoms with Gasteiger partial charge < -0.3 is 19.1 Å². The third kappa shape index (κ3) is 4.60. The van der Waals surface area contributed by atoms with Crippen molar-refractivity contribution in [3.63, 3.8) is 0 Å². The summed E-state index contributed by atoms with van der Waals surface area (Å²) in [5.74, 6) is 0.113. The van der Waals surface area contributed by atoms with Crippen LogP contribution in [0.1, 0.15) is 45.3 Å². The summed E-state index contributed by atoms with van der Waals surface area (Å²) in [6.07, 6.45) is 1.68. The predicted octanol–water partition coefficient (Wildman–Crippen LogP) is 4.59. The van der Waals surface area contributed by atoms with Crippen molar-refractivity contribution in [2.45, 2.75) is 52.2 Å². The normalized spacial score (nSPS) is 17.8. The Bertz CT molecular complexity index is 984. The summed E-state index contributed by atoms with van der Waals surface area (Å²) >= 11 is 0. The van der Waals surface area contributed by atoms with Crippen LogP contribution in [-0.2, 0) is 9.47 Å². The van der Waals surface area contributed by atoms with Gasteiger partial charge in [0, 0.05) is 42.9 Å². The number of methoxy groups -OCH3 is 1. The van der Waals surface area contributed by atoms with E-state index >= 15 is 0 Å². The minimum atomic E-state index is -0.478. The number of halogens is 1. The van der Waals surface area contributed by atoms with Gasteiger partial charge in [0.15, 0.2) is 0 Å².